The summed E-state index contributed by atoms with van der Waals surface area (Å²) in [4.78, 5) is 25.9. The molecular formula is C29H31N7O. The summed E-state index contributed by atoms with van der Waals surface area (Å²) < 4.78 is 2.03. The number of carbonyl (C=O) groups excluding carboxylic acids is 1. The summed E-state index contributed by atoms with van der Waals surface area (Å²) in [6.07, 6.45) is 4.38. The van der Waals surface area contributed by atoms with Gasteiger partial charge in [0, 0.05) is 50.0 Å². The van der Waals surface area contributed by atoms with E-state index in [2.05, 4.69) is 39.6 Å². The van der Waals surface area contributed by atoms with E-state index in [9.17, 15) is 4.79 Å². The fourth-order valence-electron chi connectivity index (χ4n) is 3.92. The van der Waals surface area contributed by atoms with Gasteiger partial charge in [0.1, 0.15) is 17.6 Å². The van der Waals surface area contributed by atoms with Gasteiger partial charge in [-0.05, 0) is 79.7 Å². The number of imidazole rings is 1. The summed E-state index contributed by atoms with van der Waals surface area (Å²) in [6.45, 7) is 2.83. The molecule has 188 valence electrons. The molecule has 3 N–H and O–H groups in total. The fraction of sp³-hybridized carbons (Fsp3) is 0.172. The van der Waals surface area contributed by atoms with Gasteiger partial charge in [0.15, 0.2) is 11.5 Å². The van der Waals surface area contributed by atoms with E-state index < -0.39 is 0 Å². The second kappa shape index (κ2) is 11.5. The van der Waals surface area contributed by atoms with Crippen molar-refractivity contribution in [3.63, 3.8) is 0 Å². The lowest BCUT2D eigenvalue weighted by Crippen LogP contribution is -2.08. The Kier molecular flexibility index (Phi) is 7.90. The molecule has 3 heterocycles. The first-order valence-corrected chi connectivity index (χ1v) is 11.9. The lowest BCUT2D eigenvalue weighted by atomic mass is 10.2. The molecule has 5 aromatic rings. The molecule has 0 saturated heterocycles. The minimum absolute atomic E-state index is 0.451. The third kappa shape index (κ3) is 5.82. The standard InChI is InChI=1S/C20H20N6.C9H11NO/c1-13-10-17-20(24-11-13)26(15-7-5-14(6-8-15)12-22-2)19(25-17)16-4-3-9-23-18(16)21;1-10(2)9-5-3-8(7-11)4-6-9/h3-11,22H,12H2,1-2H3,(H2,21,23);3-7H,1-2H3. The number of nitrogens with two attached hydrogens (primary N) is 1. The van der Waals surface area contributed by atoms with Crippen LogP contribution in [0, 0.1) is 6.92 Å². The number of aldehydes is 1. The van der Waals surface area contributed by atoms with E-state index in [0.717, 1.165) is 57.9 Å². The van der Waals surface area contributed by atoms with E-state index in [1.165, 1.54) is 5.56 Å². The summed E-state index contributed by atoms with van der Waals surface area (Å²) in [5.74, 6) is 1.19. The maximum Gasteiger partial charge on any atom is 0.164 e. The number of aromatic nitrogens is 4. The fourth-order valence-corrected chi connectivity index (χ4v) is 3.92. The molecule has 37 heavy (non-hydrogen) atoms. The van der Waals surface area contributed by atoms with Crippen LogP contribution in [-0.2, 0) is 6.54 Å². The van der Waals surface area contributed by atoms with Crippen molar-refractivity contribution in [2.24, 2.45) is 0 Å². The van der Waals surface area contributed by atoms with Crippen molar-refractivity contribution >= 4 is 29.0 Å². The Morgan fingerprint density at radius 2 is 1.76 bits per heavy atom. The minimum Gasteiger partial charge on any atom is -0.383 e. The van der Waals surface area contributed by atoms with Crippen molar-refractivity contribution < 1.29 is 4.79 Å². The van der Waals surface area contributed by atoms with Crippen LogP contribution in [0.4, 0.5) is 11.5 Å². The number of hydrogen-bond donors (Lipinski definition) is 2. The van der Waals surface area contributed by atoms with Gasteiger partial charge in [-0.15, -0.1) is 0 Å². The van der Waals surface area contributed by atoms with Gasteiger partial charge in [-0.25, -0.2) is 15.0 Å². The lowest BCUT2D eigenvalue weighted by molar-refractivity contribution is 0.112. The molecule has 0 radical (unpaired) electrons. The van der Waals surface area contributed by atoms with E-state index in [1.807, 2.05) is 86.2 Å². The molecule has 0 fully saturated rings. The maximum absolute atomic E-state index is 10.3. The van der Waals surface area contributed by atoms with Crippen LogP contribution in [0.2, 0.25) is 0 Å². The van der Waals surface area contributed by atoms with Crippen molar-refractivity contribution in [2.75, 3.05) is 31.8 Å². The van der Waals surface area contributed by atoms with Crippen LogP contribution in [-0.4, -0.2) is 46.9 Å². The highest BCUT2D eigenvalue weighted by atomic mass is 16.1. The molecule has 0 aliphatic rings. The van der Waals surface area contributed by atoms with Gasteiger partial charge in [0.05, 0.1) is 5.56 Å². The van der Waals surface area contributed by atoms with Gasteiger partial charge in [-0.3, -0.25) is 9.36 Å². The molecule has 0 aliphatic carbocycles. The third-order valence-corrected chi connectivity index (χ3v) is 5.83. The van der Waals surface area contributed by atoms with Crippen molar-refractivity contribution in [1.29, 1.82) is 0 Å². The van der Waals surface area contributed by atoms with E-state index in [1.54, 1.807) is 6.20 Å². The molecule has 0 amide bonds. The summed E-state index contributed by atoms with van der Waals surface area (Å²) in [7, 11) is 5.87. The summed E-state index contributed by atoms with van der Waals surface area (Å²) in [5, 5.41) is 3.16. The highest BCUT2D eigenvalue weighted by Crippen LogP contribution is 2.30. The van der Waals surface area contributed by atoms with Gasteiger partial charge in [0.25, 0.3) is 0 Å². The largest absolute Gasteiger partial charge is 0.383 e. The van der Waals surface area contributed by atoms with Crippen LogP contribution in [0.15, 0.2) is 79.1 Å². The zero-order valence-electron chi connectivity index (χ0n) is 21.5. The average molecular weight is 494 g/mol. The number of nitrogens with zero attached hydrogens (tertiary/aromatic N) is 5. The first-order valence-electron chi connectivity index (χ1n) is 11.9. The number of aryl methyl sites for hydroxylation is 1. The first-order chi connectivity index (χ1) is 17.9. The van der Waals surface area contributed by atoms with E-state index in [0.29, 0.717) is 5.82 Å². The van der Waals surface area contributed by atoms with Crippen LogP contribution in [0.1, 0.15) is 21.5 Å². The number of carbonyl (C=O) groups is 1. The average Bonchev–Trinajstić information content (AvgIpc) is 3.28. The summed E-state index contributed by atoms with van der Waals surface area (Å²) in [5.41, 5.74) is 13.6. The van der Waals surface area contributed by atoms with Gasteiger partial charge >= 0.3 is 0 Å². The number of anilines is 2. The second-order valence-corrected chi connectivity index (χ2v) is 8.86. The van der Waals surface area contributed by atoms with Crippen molar-refractivity contribution in [3.8, 4) is 17.1 Å². The lowest BCUT2D eigenvalue weighted by Gasteiger charge is -2.11. The molecule has 0 aliphatic heterocycles. The molecule has 0 spiro atoms. The zero-order chi connectivity index (χ0) is 26.4. The van der Waals surface area contributed by atoms with E-state index >= 15 is 0 Å². The number of benzene rings is 2. The zero-order valence-corrected chi connectivity index (χ0v) is 21.5. The quantitative estimate of drug-likeness (QED) is 0.332. The van der Waals surface area contributed by atoms with Crippen molar-refractivity contribution in [2.45, 2.75) is 13.5 Å². The molecule has 8 nitrogen and oxygen atoms in total. The molecule has 2 aromatic carbocycles. The number of nitrogens with one attached hydrogen (secondary N) is 1. The molecule has 8 heteroatoms. The topological polar surface area (TPSA) is 102 Å². The van der Waals surface area contributed by atoms with Crippen LogP contribution in [0.3, 0.4) is 0 Å². The van der Waals surface area contributed by atoms with Gasteiger partial charge in [0.2, 0.25) is 0 Å². The van der Waals surface area contributed by atoms with E-state index in [-0.39, 0.29) is 0 Å². The number of nitrogen functional groups attached to an aromatic ring is 1. The highest BCUT2D eigenvalue weighted by Gasteiger charge is 2.17. The summed E-state index contributed by atoms with van der Waals surface area (Å²) in [6, 6.07) is 21.6. The first kappa shape index (κ1) is 25.5. The van der Waals surface area contributed by atoms with Crippen molar-refractivity contribution in [1.82, 2.24) is 24.8 Å². The Morgan fingerprint density at radius 3 is 2.38 bits per heavy atom. The maximum atomic E-state index is 10.3. The van der Waals surface area contributed by atoms with Crippen LogP contribution < -0.4 is 16.0 Å². The highest BCUT2D eigenvalue weighted by molar-refractivity contribution is 5.83. The second-order valence-electron chi connectivity index (χ2n) is 8.86. The van der Waals surface area contributed by atoms with Crippen LogP contribution >= 0.6 is 0 Å². The number of hydrogen-bond acceptors (Lipinski definition) is 7. The molecule has 3 aromatic heterocycles. The molecule has 0 saturated carbocycles. The summed E-state index contributed by atoms with van der Waals surface area (Å²) >= 11 is 0. The predicted octanol–water partition coefficient (Wildman–Crippen LogP) is 4.66. The van der Waals surface area contributed by atoms with Crippen LogP contribution in [0.25, 0.3) is 28.2 Å². The Labute approximate surface area is 216 Å². The monoisotopic (exact) mass is 493 g/mol. The van der Waals surface area contributed by atoms with E-state index in [4.69, 9.17) is 10.7 Å². The minimum atomic E-state index is 0.451. The molecule has 0 atom stereocenters. The Balaban J connectivity index is 0.000000245. The van der Waals surface area contributed by atoms with Crippen LogP contribution in [0.5, 0.6) is 0 Å². The number of fused-ring (bicyclic) bond motifs is 1. The Hall–Kier alpha value is -4.56. The smallest absolute Gasteiger partial charge is 0.164 e. The Morgan fingerprint density at radius 1 is 1.03 bits per heavy atom. The molecule has 5 rings (SSSR count). The van der Waals surface area contributed by atoms with Gasteiger partial charge in [-0.2, -0.15) is 0 Å². The molecular weight excluding hydrogens is 462 g/mol. The van der Waals surface area contributed by atoms with Gasteiger partial charge < -0.3 is 16.0 Å². The molecule has 0 bridgehead atoms. The molecule has 0 unspecified atom stereocenters. The third-order valence-electron chi connectivity index (χ3n) is 5.83. The SMILES string of the molecule is CN(C)c1ccc(C=O)cc1.CNCc1ccc(-n2c(-c3cccnc3N)nc3cc(C)cnc32)cc1. The van der Waals surface area contributed by atoms with Gasteiger partial charge in [-0.1, -0.05) is 12.1 Å². The predicted molar refractivity (Wildman–Crippen MR) is 150 cm³/mol. The van der Waals surface area contributed by atoms with Crippen molar-refractivity contribution in [3.05, 3.63) is 95.8 Å². The Bertz CT molecular complexity index is 1490. The number of pyridine rings is 2. The number of rotatable bonds is 6. The normalized spacial score (nSPS) is 10.6.